The van der Waals surface area contributed by atoms with Gasteiger partial charge in [-0.2, -0.15) is 0 Å². The fourth-order valence-corrected chi connectivity index (χ4v) is 4.79. The van der Waals surface area contributed by atoms with Crippen molar-refractivity contribution in [3.05, 3.63) is 18.3 Å². The van der Waals surface area contributed by atoms with Crippen molar-refractivity contribution >= 4 is 44.9 Å². The number of hydrogen-bond acceptors (Lipinski definition) is 8. The molecule has 4 heterocycles. The molecule has 1 fully saturated rings. The van der Waals surface area contributed by atoms with Crippen molar-refractivity contribution in [2.45, 2.75) is 24.1 Å². The fraction of sp³-hybridized carbons (Fsp3) is 0.412. The molecule has 1 aliphatic rings. The Labute approximate surface area is 164 Å². The summed E-state index contributed by atoms with van der Waals surface area (Å²) in [6.45, 7) is 1.35. The maximum atomic E-state index is 12.1. The predicted octanol–water partition coefficient (Wildman–Crippen LogP) is 2.06. The largest absolute Gasteiger partial charge is 0.397 e. The number of anilines is 1. The summed E-state index contributed by atoms with van der Waals surface area (Å²) in [4.78, 5) is 18.1. The number of nitrogen functional groups attached to an aromatic ring is 1. The van der Waals surface area contributed by atoms with E-state index >= 15 is 0 Å². The van der Waals surface area contributed by atoms with E-state index in [-0.39, 0.29) is 17.8 Å². The summed E-state index contributed by atoms with van der Waals surface area (Å²) in [5, 5.41) is 13.0. The maximum absolute atomic E-state index is 12.1. The lowest BCUT2D eigenvalue weighted by Gasteiger charge is -2.10. The van der Waals surface area contributed by atoms with Crippen molar-refractivity contribution in [1.29, 1.82) is 0 Å². The van der Waals surface area contributed by atoms with E-state index in [1.807, 2.05) is 23.7 Å². The minimum absolute atomic E-state index is 0.0365. The molecule has 8 nitrogen and oxygen atoms in total. The molecule has 142 valence electrons. The van der Waals surface area contributed by atoms with Crippen LogP contribution in [0.2, 0.25) is 0 Å². The number of carbonyl (C=O) groups excluding carboxylic acids is 1. The second-order valence-electron chi connectivity index (χ2n) is 6.29. The van der Waals surface area contributed by atoms with Gasteiger partial charge in [-0.15, -0.1) is 21.5 Å². The number of pyridine rings is 1. The van der Waals surface area contributed by atoms with Gasteiger partial charge in [0.25, 0.3) is 0 Å². The molecule has 0 saturated carbocycles. The molecule has 0 aromatic carbocycles. The van der Waals surface area contributed by atoms with E-state index in [9.17, 15) is 4.79 Å². The van der Waals surface area contributed by atoms with E-state index in [0.717, 1.165) is 34.5 Å². The average molecular weight is 405 g/mol. The molecule has 0 aliphatic carbocycles. The van der Waals surface area contributed by atoms with Crippen LogP contribution in [-0.4, -0.2) is 50.7 Å². The van der Waals surface area contributed by atoms with Gasteiger partial charge in [0, 0.05) is 31.8 Å². The molecule has 3 aromatic heterocycles. The number of ether oxygens (including phenoxy) is 1. The van der Waals surface area contributed by atoms with Crippen molar-refractivity contribution in [3.8, 4) is 10.7 Å². The smallest absolute Gasteiger partial charge is 0.230 e. The first kappa shape index (κ1) is 18.2. The second kappa shape index (κ2) is 7.83. The van der Waals surface area contributed by atoms with Crippen LogP contribution in [0.3, 0.4) is 0 Å². The second-order valence-corrected chi connectivity index (χ2v) is 8.24. The molecule has 0 radical (unpaired) electrons. The van der Waals surface area contributed by atoms with Gasteiger partial charge in [0.05, 0.1) is 22.4 Å². The van der Waals surface area contributed by atoms with E-state index in [0.29, 0.717) is 23.2 Å². The third-order valence-corrected chi connectivity index (χ3v) is 6.57. The molecule has 27 heavy (non-hydrogen) atoms. The molecular weight excluding hydrogens is 384 g/mol. The molecule has 1 saturated heterocycles. The number of carbonyl (C=O) groups is 1. The Hall–Kier alpha value is -2.17. The minimum Gasteiger partial charge on any atom is -0.397 e. The van der Waals surface area contributed by atoms with E-state index in [4.69, 9.17) is 10.5 Å². The molecule has 0 spiro atoms. The van der Waals surface area contributed by atoms with Crippen LogP contribution in [0.1, 0.15) is 12.8 Å². The first-order chi connectivity index (χ1) is 13.1. The third-order valence-electron chi connectivity index (χ3n) is 4.43. The van der Waals surface area contributed by atoms with Crippen molar-refractivity contribution in [2.24, 2.45) is 7.05 Å². The standard InChI is InChI=1S/C17H20N6O2S2/c1-23-15(14-13(18)11-5-2-6-19-16(11)27-14)21-22-17(23)26-9-12(24)20-8-10-4-3-7-25-10/h2,5-6,10H,3-4,7-9,18H2,1H3,(H,20,24)/t10-/m1/s1. The summed E-state index contributed by atoms with van der Waals surface area (Å²) in [5.74, 6) is 0.922. The monoisotopic (exact) mass is 404 g/mol. The van der Waals surface area contributed by atoms with E-state index in [2.05, 4.69) is 20.5 Å². The SMILES string of the molecule is Cn1c(SCC(=O)NC[C@H]2CCCO2)nnc1-c1sc2ncccc2c1N. The number of nitrogens with two attached hydrogens (primary N) is 1. The molecule has 0 bridgehead atoms. The Morgan fingerprint density at radius 1 is 1.52 bits per heavy atom. The molecule has 3 N–H and O–H groups in total. The Morgan fingerprint density at radius 3 is 3.19 bits per heavy atom. The topological polar surface area (TPSA) is 108 Å². The first-order valence-electron chi connectivity index (χ1n) is 8.67. The van der Waals surface area contributed by atoms with Gasteiger partial charge in [-0.05, 0) is 25.0 Å². The molecule has 1 atom stereocenters. The van der Waals surface area contributed by atoms with Crippen molar-refractivity contribution in [1.82, 2.24) is 25.1 Å². The summed E-state index contributed by atoms with van der Waals surface area (Å²) in [6.07, 6.45) is 3.96. The Balaban J connectivity index is 1.42. The number of nitrogens with one attached hydrogen (secondary N) is 1. The van der Waals surface area contributed by atoms with Crippen LogP contribution in [0.25, 0.3) is 20.9 Å². The number of rotatable bonds is 6. The summed E-state index contributed by atoms with van der Waals surface area (Å²) < 4.78 is 7.37. The summed E-state index contributed by atoms with van der Waals surface area (Å²) >= 11 is 2.84. The number of aromatic nitrogens is 4. The molecule has 10 heteroatoms. The lowest BCUT2D eigenvalue weighted by molar-refractivity contribution is -0.119. The zero-order valence-electron chi connectivity index (χ0n) is 14.8. The summed E-state index contributed by atoms with van der Waals surface area (Å²) in [6, 6.07) is 3.81. The van der Waals surface area contributed by atoms with Gasteiger partial charge in [0.1, 0.15) is 4.83 Å². The zero-order chi connectivity index (χ0) is 18.8. The van der Waals surface area contributed by atoms with Gasteiger partial charge < -0.3 is 20.4 Å². The van der Waals surface area contributed by atoms with Crippen LogP contribution in [-0.2, 0) is 16.6 Å². The van der Waals surface area contributed by atoms with Crippen LogP contribution in [0, 0.1) is 0 Å². The highest BCUT2D eigenvalue weighted by molar-refractivity contribution is 7.99. The summed E-state index contributed by atoms with van der Waals surface area (Å²) in [5.41, 5.74) is 6.93. The number of hydrogen-bond donors (Lipinski definition) is 2. The molecule has 1 aliphatic heterocycles. The quantitative estimate of drug-likeness (QED) is 0.605. The molecule has 4 rings (SSSR count). The average Bonchev–Trinajstić information content (AvgIpc) is 3.39. The lowest BCUT2D eigenvalue weighted by atomic mass is 10.2. The van der Waals surface area contributed by atoms with Gasteiger partial charge >= 0.3 is 0 Å². The first-order valence-corrected chi connectivity index (χ1v) is 10.5. The number of thiophene rings is 1. The summed E-state index contributed by atoms with van der Waals surface area (Å²) in [7, 11) is 1.87. The van der Waals surface area contributed by atoms with Gasteiger partial charge in [0.15, 0.2) is 11.0 Å². The minimum atomic E-state index is -0.0365. The molecular formula is C17H20N6O2S2. The number of nitrogens with zero attached hydrogens (tertiary/aromatic N) is 4. The highest BCUT2D eigenvalue weighted by Gasteiger charge is 2.20. The van der Waals surface area contributed by atoms with Crippen LogP contribution in [0.15, 0.2) is 23.5 Å². The van der Waals surface area contributed by atoms with Gasteiger partial charge in [-0.1, -0.05) is 11.8 Å². The van der Waals surface area contributed by atoms with Crippen LogP contribution in [0.4, 0.5) is 5.69 Å². The Bertz CT molecular complexity index is 964. The normalized spacial score (nSPS) is 16.9. The van der Waals surface area contributed by atoms with E-state index in [1.165, 1.54) is 23.1 Å². The molecule has 0 unspecified atom stereocenters. The highest BCUT2D eigenvalue weighted by atomic mass is 32.2. The van der Waals surface area contributed by atoms with Crippen LogP contribution in [0.5, 0.6) is 0 Å². The van der Waals surface area contributed by atoms with Gasteiger partial charge in [-0.25, -0.2) is 4.98 Å². The number of amides is 1. The number of thioether (sulfide) groups is 1. The highest BCUT2D eigenvalue weighted by Crippen LogP contribution is 2.39. The number of fused-ring (bicyclic) bond motifs is 1. The predicted molar refractivity (Wildman–Crippen MR) is 107 cm³/mol. The fourth-order valence-electron chi connectivity index (χ4n) is 2.97. The van der Waals surface area contributed by atoms with Gasteiger partial charge in [0.2, 0.25) is 5.91 Å². The lowest BCUT2D eigenvalue weighted by Crippen LogP contribution is -2.32. The van der Waals surface area contributed by atoms with Crippen molar-refractivity contribution in [2.75, 3.05) is 24.6 Å². The van der Waals surface area contributed by atoms with Gasteiger partial charge in [-0.3, -0.25) is 4.79 Å². The Morgan fingerprint density at radius 2 is 2.41 bits per heavy atom. The maximum Gasteiger partial charge on any atom is 0.230 e. The molecule has 1 amide bonds. The third kappa shape index (κ3) is 3.78. The van der Waals surface area contributed by atoms with E-state index < -0.39 is 0 Å². The Kier molecular flexibility index (Phi) is 5.28. The van der Waals surface area contributed by atoms with E-state index in [1.54, 1.807) is 6.20 Å². The molecule has 3 aromatic rings. The van der Waals surface area contributed by atoms with Crippen molar-refractivity contribution in [3.63, 3.8) is 0 Å². The van der Waals surface area contributed by atoms with Crippen LogP contribution >= 0.6 is 23.1 Å². The zero-order valence-corrected chi connectivity index (χ0v) is 16.5. The van der Waals surface area contributed by atoms with Crippen LogP contribution < -0.4 is 11.1 Å². The van der Waals surface area contributed by atoms with Crippen molar-refractivity contribution < 1.29 is 9.53 Å².